The van der Waals surface area contributed by atoms with Gasteiger partial charge in [-0.05, 0) is 49.3 Å². The molecule has 0 unspecified atom stereocenters. The number of nitrogens with zero attached hydrogens (tertiary/aromatic N) is 1. The molecular weight excluding hydrogens is 232 g/mol. The second-order valence-corrected chi connectivity index (χ2v) is 6.83. The Morgan fingerprint density at radius 2 is 1.63 bits per heavy atom. The van der Waals surface area contributed by atoms with Crippen LogP contribution < -0.4 is 5.73 Å². The summed E-state index contributed by atoms with van der Waals surface area (Å²) in [6.07, 6.45) is 5.39. The van der Waals surface area contributed by atoms with Gasteiger partial charge in [-0.15, -0.1) is 0 Å². The van der Waals surface area contributed by atoms with Crippen LogP contribution in [0.3, 0.4) is 0 Å². The number of hydrogen-bond acceptors (Lipinski definition) is 2. The zero-order valence-corrected chi connectivity index (χ0v) is 12.7. The van der Waals surface area contributed by atoms with Crippen molar-refractivity contribution >= 4 is 0 Å². The van der Waals surface area contributed by atoms with E-state index in [9.17, 15) is 0 Å². The second kappa shape index (κ2) is 6.06. The third kappa shape index (κ3) is 4.05. The molecule has 0 radical (unpaired) electrons. The van der Waals surface area contributed by atoms with Crippen molar-refractivity contribution in [1.29, 1.82) is 0 Å². The fourth-order valence-electron chi connectivity index (χ4n) is 3.02. The Hall–Kier alpha value is -0.860. The van der Waals surface area contributed by atoms with E-state index in [2.05, 4.69) is 50.1 Å². The van der Waals surface area contributed by atoms with E-state index >= 15 is 0 Å². The van der Waals surface area contributed by atoms with Gasteiger partial charge in [-0.25, -0.2) is 0 Å². The summed E-state index contributed by atoms with van der Waals surface area (Å²) in [5.41, 5.74) is 8.80. The minimum Gasteiger partial charge on any atom is -0.326 e. The standard InChI is InChI=1S/C17H28N2/c1-17(2)10-8-16(9-11-17)19(3)13-15-6-4-14(12-18)5-7-15/h4-7,16H,8-13,18H2,1-3H3. The van der Waals surface area contributed by atoms with E-state index in [1.807, 2.05) is 0 Å². The van der Waals surface area contributed by atoms with Crippen molar-refractivity contribution in [3.8, 4) is 0 Å². The number of nitrogens with two attached hydrogens (primary N) is 1. The number of benzene rings is 1. The van der Waals surface area contributed by atoms with E-state index in [1.165, 1.54) is 36.8 Å². The van der Waals surface area contributed by atoms with Crippen LogP contribution in [0.5, 0.6) is 0 Å². The Morgan fingerprint density at radius 3 is 2.16 bits per heavy atom. The summed E-state index contributed by atoms with van der Waals surface area (Å²) in [5.74, 6) is 0. The zero-order chi connectivity index (χ0) is 13.9. The summed E-state index contributed by atoms with van der Waals surface area (Å²) in [5, 5.41) is 0. The van der Waals surface area contributed by atoms with Crippen molar-refractivity contribution in [3.63, 3.8) is 0 Å². The highest BCUT2D eigenvalue weighted by molar-refractivity contribution is 5.22. The van der Waals surface area contributed by atoms with Gasteiger partial charge in [0.25, 0.3) is 0 Å². The molecule has 0 aromatic heterocycles. The van der Waals surface area contributed by atoms with Gasteiger partial charge >= 0.3 is 0 Å². The largest absolute Gasteiger partial charge is 0.326 e. The molecule has 0 atom stereocenters. The van der Waals surface area contributed by atoms with E-state index in [-0.39, 0.29) is 0 Å². The number of hydrogen-bond donors (Lipinski definition) is 1. The fraction of sp³-hybridized carbons (Fsp3) is 0.647. The molecule has 2 rings (SSSR count). The molecule has 2 heteroatoms. The normalized spacial score (nSPS) is 19.8. The Bertz CT molecular complexity index is 384. The lowest BCUT2D eigenvalue weighted by atomic mass is 9.75. The average Bonchev–Trinajstić information content (AvgIpc) is 2.39. The smallest absolute Gasteiger partial charge is 0.0233 e. The second-order valence-electron chi connectivity index (χ2n) is 6.83. The molecule has 19 heavy (non-hydrogen) atoms. The van der Waals surface area contributed by atoms with E-state index < -0.39 is 0 Å². The van der Waals surface area contributed by atoms with Crippen LogP contribution in [0.25, 0.3) is 0 Å². The first kappa shape index (κ1) is 14.5. The maximum Gasteiger partial charge on any atom is 0.0233 e. The molecule has 0 amide bonds. The zero-order valence-electron chi connectivity index (χ0n) is 12.7. The van der Waals surface area contributed by atoms with Crippen molar-refractivity contribution in [1.82, 2.24) is 4.90 Å². The molecule has 1 aromatic rings. The van der Waals surface area contributed by atoms with Crippen molar-refractivity contribution in [2.45, 2.75) is 58.7 Å². The molecule has 1 aliphatic rings. The molecule has 0 bridgehead atoms. The first-order valence-electron chi connectivity index (χ1n) is 7.48. The minimum atomic E-state index is 0.556. The van der Waals surface area contributed by atoms with Crippen LogP contribution in [0.1, 0.15) is 50.7 Å². The lowest BCUT2D eigenvalue weighted by Crippen LogP contribution is -2.36. The quantitative estimate of drug-likeness (QED) is 0.897. The van der Waals surface area contributed by atoms with Crippen LogP contribution in [0, 0.1) is 5.41 Å². The molecular formula is C17H28N2. The lowest BCUT2D eigenvalue weighted by Gasteiger charge is -2.38. The van der Waals surface area contributed by atoms with Crippen LogP contribution >= 0.6 is 0 Å². The molecule has 0 heterocycles. The van der Waals surface area contributed by atoms with Gasteiger partial charge in [0.2, 0.25) is 0 Å². The van der Waals surface area contributed by atoms with Crippen molar-refractivity contribution in [3.05, 3.63) is 35.4 Å². The molecule has 106 valence electrons. The summed E-state index contributed by atoms with van der Waals surface area (Å²) in [7, 11) is 2.26. The Kier molecular flexibility index (Phi) is 4.64. The highest BCUT2D eigenvalue weighted by atomic mass is 15.1. The molecule has 0 aliphatic heterocycles. The monoisotopic (exact) mass is 260 g/mol. The molecule has 1 aliphatic carbocycles. The molecule has 2 nitrogen and oxygen atoms in total. The van der Waals surface area contributed by atoms with E-state index in [0.717, 1.165) is 12.6 Å². The topological polar surface area (TPSA) is 29.3 Å². The molecule has 0 spiro atoms. The van der Waals surface area contributed by atoms with E-state index in [1.54, 1.807) is 0 Å². The van der Waals surface area contributed by atoms with Crippen molar-refractivity contribution in [2.24, 2.45) is 11.1 Å². The minimum absolute atomic E-state index is 0.556. The summed E-state index contributed by atoms with van der Waals surface area (Å²) in [6, 6.07) is 9.47. The summed E-state index contributed by atoms with van der Waals surface area (Å²) < 4.78 is 0. The van der Waals surface area contributed by atoms with Gasteiger partial charge in [0, 0.05) is 19.1 Å². The van der Waals surface area contributed by atoms with Crippen LogP contribution in [0.15, 0.2) is 24.3 Å². The summed E-state index contributed by atoms with van der Waals surface area (Å²) >= 11 is 0. The summed E-state index contributed by atoms with van der Waals surface area (Å²) in [6.45, 7) is 6.48. The predicted molar refractivity (Wildman–Crippen MR) is 81.8 cm³/mol. The fourth-order valence-corrected chi connectivity index (χ4v) is 3.02. The Labute approximate surface area is 118 Å². The maximum absolute atomic E-state index is 5.63. The lowest BCUT2D eigenvalue weighted by molar-refractivity contribution is 0.123. The van der Waals surface area contributed by atoms with Gasteiger partial charge in [0.05, 0.1) is 0 Å². The van der Waals surface area contributed by atoms with E-state index in [4.69, 9.17) is 5.73 Å². The van der Waals surface area contributed by atoms with Crippen LogP contribution in [-0.4, -0.2) is 18.0 Å². The maximum atomic E-state index is 5.63. The SMILES string of the molecule is CN(Cc1ccc(CN)cc1)C1CCC(C)(C)CC1. The Balaban J connectivity index is 1.88. The predicted octanol–water partition coefficient (Wildman–Crippen LogP) is 3.55. The van der Waals surface area contributed by atoms with Gasteiger partial charge in [-0.2, -0.15) is 0 Å². The van der Waals surface area contributed by atoms with Crippen molar-refractivity contribution in [2.75, 3.05) is 7.05 Å². The third-order valence-corrected chi connectivity index (χ3v) is 4.62. The highest BCUT2D eigenvalue weighted by Crippen LogP contribution is 2.36. The van der Waals surface area contributed by atoms with Crippen LogP contribution in [-0.2, 0) is 13.1 Å². The molecule has 1 saturated carbocycles. The van der Waals surface area contributed by atoms with Crippen LogP contribution in [0.2, 0.25) is 0 Å². The molecule has 1 aromatic carbocycles. The van der Waals surface area contributed by atoms with Gasteiger partial charge in [0.1, 0.15) is 0 Å². The Morgan fingerprint density at radius 1 is 1.11 bits per heavy atom. The third-order valence-electron chi connectivity index (χ3n) is 4.62. The highest BCUT2D eigenvalue weighted by Gasteiger charge is 2.28. The summed E-state index contributed by atoms with van der Waals surface area (Å²) in [4.78, 5) is 2.52. The van der Waals surface area contributed by atoms with Gasteiger partial charge < -0.3 is 5.73 Å². The van der Waals surface area contributed by atoms with Crippen molar-refractivity contribution < 1.29 is 0 Å². The van der Waals surface area contributed by atoms with Crippen LogP contribution in [0.4, 0.5) is 0 Å². The van der Waals surface area contributed by atoms with Gasteiger partial charge in [-0.1, -0.05) is 38.1 Å². The first-order chi connectivity index (χ1) is 9.00. The van der Waals surface area contributed by atoms with Gasteiger partial charge in [-0.3, -0.25) is 4.90 Å². The first-order valence-corrected chi connectivity index (χ1v) is 7.48. The average molecular weight is 260 g/mol. The van der Waals surface area contributed by atoms with E-state index in [0.29, 0.717) is 12.0 Å². The molecule has 0 saturated heterocycles. The molecule has 1 fully saturated rings. The number of rotatable bonds is 4. The van der Waals surface area contributed by atoms with Gasteiger partial charge in [0.15, 0.2) is 0 Å². The molecule has 2 N–H and O–H groups in total.